The van der Waals surface area contributed by atoms with E-state index in [0.717, 1.165) is 42.1 Å². The normalized spacial score (nSPS) is 21.9. The van der Waals surface area contributed by atoms with Gasteiger partial charge in [0, 0.05) is 35.7 Å². The molecule has 1 aromatic rings. The number of anilines is 1. The van der Waals surface area contributed by atoms with Crippen LogP contribution in [-0.4, -0.2) is 40.9 Å². The number of amides is 3. The van der Waals surface area contributed by atoms with E-state index in [2.05, 4.69) is 17.6 Å². The molecule has 1 heterocycles. The molecule has 0 unspecified atom stereocenters. The molecule has 2 N–H and O–H groups in total. The van der Waals surface area contributed by atoms with Crippen molar-refractivity contribution in [1.82, 2.24) is 10.2 Å². The molecule has 24 heavy (non-hydrogen) atoms. The van der Waals surface area contributed by atoms with Gasteiger partial charge in [-0.25, -0.2) is 4.79 Å². The van der Waals surface area contributed by atoms with Gasteiger partial charge in [0.25, 0.3) is 0 Å². The Balaban J connectivity index is 1.55. The summed E-state index contributed by atoms with van der Waals surface area (Å²) in [5.41, 5.74) is 1.85. The average Bonchev–Trinajstić information content (AvgIpc) is 3.40. The fourth-order valence-corrected chi connectivity index (χ4v) is 3.84. The van der Waals surface area contributed by atoms with Gasteiger partial charge in [-0.1, -0.05) is 12.1 Å². The van der Waals surface area contributed by atoms with Gasteiger partial charge in [-0.2, -0.15) is 11.8 Å². The maximum absolute atomic E-state index is 12.4. The summed E-state index contributed by atoms with van der Waals surface area (Å²) in [4.78, 5) is 26.1. The van der Waals surface area contributed by atoms with Crippen LogP contribution >= 0.6 is 11.8 Å². The number of nitrogens with one attached hydrogen (secondary N) is 2. The molecule has 0 aromatic heterocycles. The van der Waals surface area contributed by atoms with Crippen molar-refractivity contribution in [3.05, 3.63) is 29.8 Å². The van der Waals surface area contributed by atoms with E-state index in [1.54, 1.807) is 0 Å². The highest BCUT2D eigenvalue weighted by molar-refractivity contribution is 7.99. The Bertz CT molecular complexity index is 601. The Kier molecular flexibility index (Phi) is 5.33. The zero-order chi connectivity index (χ0) is 17.1. The van der Waals surface area contributed by atoms with Crippen LogP contribution in [0.15, 0.2) is 24.3 Å². The number of benzene rings is 1. The molecule has 3 amide bonds. The summed E-state index contributed by atoms with van der Waals surface area (Å²) in [5, 5.41) is 6.01. The largest absolute Gasteiger partial charge is 0.331 e. The highest BCUT2D eigenvalue weighted by Crippen LogP contribution is 2.30. The summed E-state index contributed by atoms with van der Waals surface area (Å²) >= 11 is 1.90. The van der Waals surface area contributed by atoms with Gasteiger partial charge in [0.05, 0.1) is 6.04 Å². The van der Waals surface area contributed by atoms with Crippen molar-refractivity contribution in [2.75, 3.05) is 23.4 Å². The van der Waals surface area contributed by atoms with E-state index in [1.807, 2.05) is 47.9 Å². The Hall–Kier alpha value is -1.69. The second kappa shape index (κ2) is 7.47. The van der Waals surface area contributed by atoms with Gasteiger partial charge < -0.3 is 15.5 Å². The van der Waals surface area contributed by atoms with Gasteiger partial charge >= 0.3 is 6.03 Å². The second-order valence-electron chi connectivity index (χ2n) is 6.67. The van der Waals surface area contributed by atoms with Gasteiger partial charge in [-0.05, 0) is 44.4 Å². The molecule has 0 spiro atoms. The Morgan fingerprint density at radius 3 is 2.58 bits per heavy atom. The molecule has 130 valence electrons. The van der Waals surface area contributed by atoms with E-state index in [9.17, 15) is 9.59 Å². The quantitative estimate of drug-likeness (QED) is 0.879. The lowest BCUT2D eigenvalue weighted by molar-refractivity contribution is -0.117. The number of hydrogen-bond acceptors (Lipinski definition) is 3. The highest BCUT2D eigenvalue weighted by atomic mass is 32.2. The number of urea groups is 1. The first kappa shape index (κ1) is 17.1. The van der Waals surface area contributed by atoms with E-state index >= 15 is 0 Å². The molecule has 1 aliphatic carbocycles. The first-order chi connectivity index (χ1) is 11.5. The summed E-state index contributed by atoms with van der Waals surface area (Å²) in [7, 11) is 0. The molecule has 5 nitrogen and oxygen atoms in total. The second-order valence-corrected chi connectivity index (χ2v) is 7.82. The molecule has 0 radical (unpaired) electrons. The third-order valence-corrected chi connectivity index (χ3v) is 5.78. The van der Waals surface area contributed by atoms with Gasteiger partial charge in [-0.15, -0.1) is 0 Å². The number of carbonyl (C=O) groups is 2. The Morgan fingerprint density at radius 2 is 1.96 bits per heavy atom. The monoisotopic (exact) mass is 347 g/mol. The summed E-state index contributed by atoms with van der Waals surface area (Å²) in [6.45, 7) is 4.88. The van der Waals surface area contributed by atoms with Crippen LogP contribution in [0.25, 0.3) is 0 Å². The van der Waals surface area contributed by atoms with Gasteiger partial charge in [0.2, 0.25) is 5.91 Å². The first-order valence-electron chi connectivity index (χ1n) is 8.60. The van der Waals surface area contributed by atoms with Crippen molar-refractivity contribution < 1.29 is 9.59 Å². The molecule has 1 aliphatic heterocycles. The summed E-state index contributed by atoms with van der Waals surface area (Å²) in [6, 6.07) is 7.94. The molecule has 6 heteroatoms. The van der Waals surface area contributed by atoms with Crippen LogP contribution < -0.4 is 10.6 Å². The van der Waals surface area contributed by atoms with Crippen molar-refractivity contribution in [2.24, 2.45) is 5.92 Å². The van der Waals surface area contributed by atoms with Crippen LogP contribution in [0, 0.1) is 5.92 Å². The molecule has 1 aromatic carbocycles. The van der Waals surface area contributed by atoms with Crippen molar-refractivity contribution in [3.8, 4) is 0 Å². The topological polar surface area (TPSA) is 61.4 Å². The molecule has 1 saturated carbocycles. The molecule has 2 atom stereocenters. The van der Waals surface area contributed by atoms with Crippen LogP contribution in [0.5, 0.6) is 0 Å². The van der Waals surface area contributed by atoms with E-state index in [1.165, 1.54) is 0 Å². The molecule has 2 aliphatic rings. The van der Waals surface area contributed by atoms with E-state index in [4.69, 9.17) is 0 Å². The number of nitrogens with zero attached hydrogens (tertiary/aromatic N) is 1. The van der Waals surface area contributed by atoms with Crippen molar-refractivity contribution >= 4 is 29.4 Å². The minimum Gasteiger partial charge on any atom is -0.331 e. The molecule has 2 fully saturated rings. The van der Waals surface area contributed by atoms with Crippen LogP contribution in [0.1, 0.15) is 38.3 Å². The molecule has 3 rings (SSSR count). The minimum absolute atomic E-state index is 0.00131. The molecular weight excluding hydrogens is 322 g/mol. The standard InChI is InChI=1S/C18H25N3O2S/c1-12-11-24-10-9-21(12)18(23)19-13(2)14-5-7-16(8-6-14)20-17(22)15-3-4-15/h5-8,12-13,15H,3-4,9-11H2,1-2H3,(H,19,23)(H,20,22)/t12-,13-/m1/s1. The molecule has 0 bridgehead atoms. The number of carbonyl (C=O) groups excluding carboxylic acids is 2. The lowest BCUT2D eigenvalue weighted by Crippen LogP contribution is -2.49. The van der Waals surface area contributed by atoms with Crippen LogP contribution in [0.4, 0.5) is 10.5 Å². The fraction of sp³-hybridized carbons (Fsp3) is 0.556. The number of hydrogen-bond donors (Lipinski definition) is 2. The van der Waals surface area contributed by atoms with E-state index < -0.39 is 0 Å². The summed E-state index contributed by atoms with van der Waals surface area (Å²) < 4.78 is 0. The maximum Gasteiger partial charge on any atom is 0.318 e. The van der Waals surface area contributed by atoms with Crippen molar-refractivity contribution in [3.63, 3.8) is 0 Å². The average molecular weight is 347 g/mol. The SMILES string of the molecule is C[C@@H]1CSCCN1C(=O)N[C@H](C)c1ccc(NC(=O)C2CC2)cc1. The fourth-order valence-electron chi connectivity index (χ4n) is 2.83. The first-order valence-corrected chi connectivity index (χ1v) is 9.76. The molecule has 1 saturated heterocycles. The van der Waals surface area contributed by atoms with Crippen LogP contribution in [0.2, 0.25) is 0 Å². The van der Waals surface area contributed by atoms with Crippen LogP contribution in [0.3, 0.4) is 0 Å². The lowest BCUT2D eigenvalue weighted by atomic mass is 10.1. The third kappa shape index (κ3) is 4.23. The zero-order valence-electron chi connectivity index (χ0n) is 14.2. The summed E-state index contributed by atoms with van der Waals surface area (Å²) in [5.74, 6) is 2.31. The van der Waals surface area contributed by atoms with Crippen LogP contribution in [-0.2, 0) is 4.79 Å². The maximum atomic E-state index is 12.4. The smallest absolute Gasteiger partial charge is 0.318 e. The number of thioether (sulfide) groups is 1. The van der Waals surface area contributed by atoms with Gasteiger partial charge in [0.1, 0.15) is 0 Å². The summed E-state index contributed by atoms with van der Waals surface area (Å²) in [6.07, 6.45) is 2.00. The minimum atomic E-state index is -0.0625. The van der Waals surface area contributed by atoms with Gasteiger partial charge in [0.15, 0.2) is 0 Å². The zero-order valence-corrected chi connectivity index (χ0v) is 15.1. The predicted molar refractivity (Wildman–Crippen MR) is 98.2 cm³/mol. The number of rotatable bonds is 4. The Morgan fingerprint density at radius 1 is 1.25 bits per heavy atom. The van der Waals surface area contributed by atoms with Crippen molar-refractivity contribution in [2.45, 2.75) is 38.8 Å². The Labute approximate surface area is 147 Å². The third-order valence-electron chi connectivity index (χ3n) is 4.59. The molecular formula is C18H25N3O2S. The van der Waals surface area contributed by atoms with E-state index in [-0.39, 0.29) is 29.9 Å². The lowest BCUT2D eigenvalue weighted by Gasteiger charge is -2.34. The van der Waals surface area contributed by atoms with E-state index in [0.29, 0.717) is 0 Å². The van der Waals surface area contributed by atoms with Gasteiger partial charge in [-0.3, -0.25) is 4.79 Å². The highest BCUT2D eigenvalue weighted by Gasteiger charge is 2.29. The van der Waals surface area contributed by atoms with Crippen molar-refractivity contribution in [1.29, 1.82) is 0 Å². The predicted octanol–water partition coefficient (Wildman–Crippen LogP) is 3.24.